The summed E-state index contributed by atoms with van der Waals surface area (Å²) in [5.41, 5.74) is 8.45. The molecular formula is C22H24N2O3. The molecule has 0 radical (unpaired) electrons. The minimum absolute atomic E-state index is 0.202. The van der Waals surface area contributed by atoms with Gasteiger partial charge in [-0.2, -0.15) is 0 Å². The Bertz CT molecular complexity index is 942. The molecule has 3 rings (SSSR count). The standard InChI is InChI=1S/C22H24N2O3/c1-3-4-7-16-10-12-17(13-11-16)14-20(25)23-24-22(26)21-15(2)18-8-5-6-9-19(18)27-21/h5-6,8-13H,3-4,7,14H2,1-2H3,(H,23,25)(H,24,26). The van der Waals surface area contributed by atoms with Crippen molar-refractivity contribution in [3.05, 3.63) is 71.0 Å². The van der Waals surface area contributed by atoms with Crippen molar-refractivity contribution in [1.82, 2.24) is 10.9 Å². The lowest BCUT2D eigenvalue weighted by Crippen LogP contribution is -2.42. The predicted octanol–water partition coefficient (Wildman–Crippen LogP) is 4.09. The molecule has 5 heteroatoms. The molecule has 0 aliphatic rings. The number of aryl methyl sites for hydroxylation is 2. The lowest BCUT2D eigenvalue weighted by molar-refractivity contribution is -0.121. The third-order valence-electron chi connectivity index (χ3n) is 4.57. The van der Waals surface area contributed by atoms with Crippen molar-refractivity contribution in [2.75, 3.05) is 0 Å². The number of hydrogen-bond donors (Lipinski definition) is 2. The zero-order chi connectivity index (χ0) is 19.2. The molecule has 0 bridgehead atoms. The van der Waals surface area contributed by atoms with Crippen LogP contribution in [0.25, 0.3) is 11.0 Å². The Morgan fingerprint density at radius 1 is 0.963 bits per heavy atom. The summed E-state index contributed by atoms with van der Waals surface area (Å²) >= 11 is 0. The Morgan fingerprint density at radius 2 is 1.67 bits per heavy atom. The van der Waals surface area contributed by atoms with Gasteiger partial charge in [-0.25, -0.2) is 0 Å². The number of carbonyl (C=O) groups excluding carboxylic acids is 2. The first-order valence-corrected chi connectivity index (χ1v) is 9.23. The van der Waals surface area contributed by atoms with Gasteiger partial charge in [0.25, 0.3) is 0 Å². The quantitative estimate of drug-likeness (QED) is 0.647. The van der Waals surface area contributed by atoms with Crippen molar-refractivity contribution >= 4 is 22.8 Å². The summed E-state index contributed by atoms with van der Waals surface area (Å²) in [6, 6.07) is 15.5. The van der Waals surface area contributed by atoms with Crippen molar-refractivity contribution in [3.8, 4) is 0 Å². The SMILES string of the molecule is CCCCc1ccc(CC(=O)NNC(=O)c2oc3ccccc3c2C)cc1. The number of unbranched alkanes of at least 4 members (excludes halogenated alkanes) is 1. The zero-order valence-electron chi connectivity index (χ0n) is 15.7. The predicted molar refractivity (Wildman–Crippen MR) is 105 cm³/mol. The second-order valence-corrected chi connectivity index (χ2v) is 6.65. The fourth-order valence-corrected chi connectivity index (χ4v) is 3.01. The van der Waals surface area contributed by atoms with Gasteiger partial charge in [-0.15, -0.1) is 0 Å². The van der Waals surface area contributed by atoms with Crippen molar-refractivity contribution in [2.45, 2.75) is 39.5 Å². The summed E-state index contributed by atoms with van der Waals surface area (Å²) in [6.45, 7) is 3.99. The summed E-state index contributed by atoms with van der Waals surface area (Å²) in [6.07, 6.45) is 3.57. The second-order valence-electron chi connectivity index (χ2n) is 6.65. The normalized spacial score (nSPS) is 10.7. The molecule has 0 saturated carbocycles. The molecule has 0 fully saturated rings. The van der Waals surface area contributed by atoms with E-state index in [9.17, 15) is 9.59 Å². The van der Waals surface area contributed by atoms with E-state index in [2.05, 4.69) is 29.9 Å². The highest BCUT2D eigenvalue weighted by Crippen LogP contribution is 2.24. The van der Waals surface area contributed by atoms with E-state index in [0.29, 0.717) is 5.58 Å². The van der Waals surface area contributed by atoms with Crippen LogP contribution >= 0.6 is 0 Å². The highest BCUT2D eigenvalue weighted by molar-refractivity contribution is 5.99. The molecule has 0 aliphatic carbocycles. The van der Waals surface area contributed by atoms with Gasteiger partial charge in [-0.1, -0.05) is 55.8 Å². The highest BCUT2D eigenvalue weighted by atomic mass is 16.3. The molecule has 0 unspecified atom stereocenters. The van der Waals surface area contributed by atoms with Crippen LogP contribution in [-0.2, 0) is 17.6 Å². The first kappa shape index (κ1) is 18.7. The van der Waals surface area contributed by atoms with E-state index in [0.717, 1.165) is 35.8 Å². The van der Waals surface area contributed by atoms with Crippen LogP contribution in [0.4, 0.5) is 0 Å². The van der Waals surface area contributed by atoms with Crippen LogP contribution in [0.3, 0.4) is 0 Å². The van der Waals surface area contributed by atoms with Crippen LogP contribution in [0.1, 0.15) is 47.0 Å². The molecule has 3 aromatic rings. The molecule has 1 aromatic heterocycles. The number of hydrogen-bond acceptors (Lipinski definition) is 3. The molecule has 0 saturated heterocycles. The van der Waals surface area contributed by atoms with Crippen molar-refractivity contribution < 1.29 is 14.0 Å². The van der Waals surface area contributed by atoms with Crippen LogP contribution in [0.15, 0.2) is 52.9 Å². The van der Waals surface area contributed by atoms with Gasteiger partial charge in [0.15, 0.2) is 5.76 Å². The van der Waals surface area contributed by atoms with Gasteiger partial charge in [0.1, 0.15) is 5.58 Å². The largest absolute Gasteiger partial charge is 0.451 e. The molecule has 2 amide bonds. The molecule has 1 heterocycles. The molecule has 27 heavy (non-hydrogen) atoms. The monoisotopic (exact) mass is 364 g/mol. The summed E-state index contributed by atoms with van der Waals surface area (Å²) < 4.78 is 5.59. The van der Waals surface area contributed by atoms with E-state index in [1.54, 1.807) is 0 Å². The summed E-state index contributed by atoms with van der Waals surface area (Å²) in [5, 5.41) is 0.886. The minimum Gasteiger partial charge on any atom is -0.451 e. The molecule has 2 aromatic carbocycles. The maximum Gasteiger partial charge on any atom is 0.305 e. The number of rotatable bonds is 6. The summed E-state index contributed by atoms with van der Waals surface area (Å²) in [4.78, 5) is 24.4. The van der Waals surface area contributed by atoms with E-state index in [1.807, 2.05) is 43.3 Å². The number of fused-ring (bicyclic) bond motifs is 1. The van der Waals surface area contributed by atoms with Gasteiger partial charge in [0.2, 0.25) is 5.91 Å². The number of para-hydroxylation sites is 1. The Hall–Kier alpha value is -3.08. The smallest absolute Gasteiger partial charge is 0.305 e. The number of hydrazine groups is 1. The molecule has 5 nitrogen and oxygen atoms in total. The zero-order valence-corrected chi connectivity index (χ0v) is 15.7. The lowest BCUT2D eigenvalue weighted by Gasteiger charge is -2.07. The molecule has 2 N–H and O–H groups in total. The van der Waals surface area contributed by atoms with Gasteiger partial charge in [-0.05, 0) is 37.0 Å². The molecule has 0 atom stereocenters. The van der Waals surface area contributed by atoms with Crippen molar-refractivity contribution in [1.29, 1.82) is 0 Å². The molecular weight excluding hydrogens is 340 g/mol. The van der Waals surface area contributed by atoms with E-state index in [1.165, 1.54) is 5.56 Å². The number of benzene rings is 2. The number of amides is 2. The average molecular weight is 364 g/mol. The van der Waals surface area contributed by atoms with Crippen LogP contribution in [0.2, 0.25) is 0 Å². The Morgan fingerprint density at radius 3 is 2.37 bits per heavy atom. The van der Waals surface area contributed by atoms with Gasteiger partial charge in [-0.3, -0.25) is 20.4 Å². The number of carbonyl (C=O) groups is 2. The second kappa shape index (κ2) is 8.54. The van der Waals surface area contributed by atoms with E-state index in [-0.39, 0.29) is 18.1 Å². The van der Waals surface area contributed by atoms with Crippen molar-refractivity contribution in [3.63, 3.8) is 0 Å². The molecule has 0 aliphatic heterocycles. The topological polar surface area (TPSA) is 71.3 Å². The minimum atomic E-state index is -0.466. The third-order valence-corrected chi connectivity index (χ3v) is 4.57. The Labute approximate surface area is 158 Å². The fourth-order valence-electron chi connectivity index (χ4n) is 3.01. The van der Waals surface area contributed by atoms with E-state index in [4.69, 9.17) is 4.42 Å². The van der Waals surface area contributed by atoms with Gasteiger partial charge in [0.05, 0.1) is 6.42 Å². The van der Waals surface area contributed by atoms with Crippen LogP contribution < -0.4 is 10.9 Å². The van der Waals surface area contributed by atoms with Crippen LogP contribution in [0, 0.1) is 6.92 Å². The molecule has 0 spiro atoms. The summed E-state index contributed by atoms with van der Waals surface area (Å²) in [5.74, 6) is -0.540. The molecule has 140 valence electrons. The maximum absolute atomic E-state index is 12.3. The van der Waals surface area contributed by atoms with Crippen molar-refractivity contribution in [2.24, 2.45) is 0 Å². The number of furan rings is 1. The average Bonchev–Trinajstić information content (AvgIpc) is 3.03. The van der Waals surface area contributed by atoms with Crippen LogP contribution in [-0.4, -0.2) is 11.8 Å². The third kappa shape index (κ3) is 4.56. The fraction of sp³-hybridized carbons (Fsp3) is 0.273. The number of nitrogens with one attached hydrogen (secondary N) is 2. The lowest BCUT2D eigenvalue weighted by atomic mass is 10.0. The van der Waals surface area contributed by atoms with E-state index < -0.39 is 5.91 Å². The maximum atomic E-state index is 12.3. The Balaban J connectivity index is 1.55. The van der Waals surface area contributed by atoms with Gasteiger partial charge >= 0.3 is 5.91 Å². The van der Waals surface area contributed by atoms with Gasteiger partial charge < -0.3 is 4.42 Å². The Kier molecular flexibility index (Phi) is 5.91. The highest BCUT2D eigenvalue weighted by Gasteiger charge is 2.17. The van der Waals surface area contributed by atoms with E-state index >= 15 is 0 Å². The van der Waals surface area contributed by atoms with Crippen LogP contribution in [0.5, 0.6) is 0 Å². The first-order chi connectivity index (χ1) is 13.1. The van der Waals surface area contributed by atoms with Gasteiger partial charge in [0, 0.05) is 10.9 Å². The summed E-state index contributed by atoms with van der Waals surface area (Å²) in [7, 11) is 0. The first-order valence-electron chi connectivity index (χ1n) is 9.23.